The number of hydrogen-bond acceptors (Lipinski definition) is 9. The van der Waals surface area contributed by atoms with Gasteiger partial charge in [-0.3, -0.25) is 4.79 Å². The summed E-state index contributed by atoms with van der Waals surface area (Å²) in [7, 11) is 0. The smallest absolute Gasteiger partial charge is 0.193 e. The third-order valence-electron chi connectivity index (χ3n) is 18.3. The number of benzene rings is 16. The maximum absolute atomic E-state index is 12.6. The van der Waals surface area contributed by atoms with E-state index in [2.05, 4.69) is 160 Å². The molecule has 8 nitrogen and oxygen atoms in total. The highest BCUT2D eigenvalue weighted by Crippen LogP contribution is 2.34. The molecule has 120 heavy (non-hydrogen) atoms. The fourth-order valence-electron chi connectivity index (χ4n) is 11.7. The number of rotatable bonds is 18. The van der Waals surface area contributed by atoms with Crippen LogP contribution in [-0.2, 0) is 0 Å². The van der Waals surface area contributed by atoms with Crippen LogP contribution in [0.25, 0.3) is 0 Å². The van der Waals surface area contributed by atoms with Crippen molar-refractivity contribution >= 4 is 17.5 Å². The van der Waals surface area contributed by atoms with Crippen LogP contribution in [0.5, 0.6) is 80.5 Å². The highest BCUT2D eigenvalue weighted by molar-refractivity contribution is 7.99. The fourth-order valence-corrected chi connectivity index (χ4v) is 12.5. The van der Waals surface area contributed by atoms with E-state index in [9.17, 15) is 4.79 Å². The maximum Gasteiger partial charge on any atom is 0.193 e. The summed E-state index contributed by atoms with van der Waals surface area (Å²) in [5.74, 6) is 17.3. The Morgan fingerprint density at radius 3 is 0.667 bits per heavy atom. The van der Waals surface area contributed by atoms with E-state index in [1.54, 1.807) is 11.8 Å². The van der Waals surface area contributed by atoms with Gasteiger partial charge in [0.15, 0.2) is 5.78 Å². The molecule has 0 heterocycles. The van der Waals surface area contributed by atoms with Crippen molar-refractivity contribution in [3.8, 4) is 92.3 Å². The molecular formula is C111H100O8S. The summed E-state index contributed by atoms with van der Waals surface area (Å²) in [5.41, 5.74) is 18.1. The number of hydrogen-bond donors (Lipinski definition) is 0. The zero-order valence-electron chi connectivity index (χ0n) is 70.1. The van der Waals surface area contributed by atoms with E-state index in [4.69, 9.17) is 33.2 Å². The normalized spacial score (nSPS) is 10.2. The van der Waals surface area contributed by atoms with Crippen molar-refractivity contribution in [3.05, 3.63) is 477 Å². The molecule has 0 radical (unpaired) electrons. The van der Waals surface area contributed by atoms with Crippen LogP contribution in [0, 0.1) is 94.9 Å². The Labute approximate surface area is 713 Å². The molecule has 0 N–H and O–H groups in total. The predicted octanol–water partition coefficient (Wildman–Crippen LogP) is 31.1. The van der Waals surface area contributed by atoms with Gasteiger partial charge in [-0.15, -0.1) is 0 Å². The Hall–Kier alpha value is -14.3. The molecule has 0 aliphatic rings. The standard InChI is InChI=1S/C26H22O3.C23H18O.2C20H18O2.C14H14S.C8H10/c1-19-3-7-21(8-4-19)27-23-11-15-25(16-12-23)29-26-17-13-24(14-18-26)28-22-9-5-20(2)6-10-22;1-17-14-18(2)16-22(15-17)23(24)21-12-10-20(11-13-21)9-8-19-6-4-3-5-7-19;1-15-3-7-17(8-4-15)21-19-11-13-20(14-12-19)22-18-9-5-16(2)6-10-18;1-15-6-10-17(11-7-15)21-19-4-3-5-20(14-19)22-18-12-8-16(2)9-13-18;1-11-3-7-13(8-4-11)15-14-9-5-12(2)6-10-14;1-7-4-3-5-8(2)6-7/h3-18H,1-2H3;3-7,10-16H,1-2H3;2*3-14H,1-2H3;3-10H,1-2H3;3-6H,1-2H3. The molecule has 0 aliphatic heterocycles. The van der Waals surface area contributed by atoms with E-state index in [1.165, 1.54) is 65.4 Å². The molecule has 598 valence electrons. The Morgan fingerprint density at radius 1 is 0.183 bits per heavy atom. The lowest BCUT2D eigenvalue weighted by Crippen LogP contribution is -2.02. The SMILES string of the molecule is Cc1cc(C)cc(C(=O)c2ccc(C#Cc3ccccc3)cc2)c1.Cc1ccc(Oc2ccc(Oc3ccc(C)cc3)cc2)cc1.Cc1ccc(Oc2ccc(Oc3ccc(Oc4ccc(C)cc4)cc3)cc2)cc1.Cc1ccc(Oc2cccc(Oc3ccc(C)cc3)c2)cc1.Cc1ccc(Sc2ccc(C)cc2)cc1.Cc1cccc(C)c1. The van der Waals surface area contributed by atoms with E-state index in [-0.39, 0.29) is 5.78 Å². The molecule has 16 rings (SSSR count). The average Bonchev–Trinajstić information content (AvgIpc) is 0.839. The van der Waals surface area contributed by atoms with Gasteiger partial charge in [-0.2, -0.15) is 0 Å². The maximum atomic E-state index is 12.6. The molecule has 16 aromatic carbocycles. The van der Waals surface area contributed by atoms with Crippen LogP contribution >= 0.6 is 11.8 Å². The van der Waals surface area contributed by atoms with Crippen molar-refractivity contribution in [2.45, 2.75) is 92.9 Å². The molecule has 0 unspecified atom stereocenters. The molecule has 0 bridgehead atoms. The third kappa shape index (κ3) is 30.1. The Balaban J connectivity index is 0.000000145. The van der Waals surface area contributed by atoms with Gasteiger partial charge in [0.2, 0.25) is 0 Å². The van der Waals surface area contributed by atoms with Crippen LogP contribution in [0.15, 0.2) is 398 Å². The number of ketones is 1. The largest absolute Gasteiger partial charge is 0.457 e. The van der Waals surface area contributed by atoms with Gasteiger partial charge >= 0.3 is 0 Å². The first-order valence-electron chi connectivity index (χ1n) is 39.9. The van der Waals surface area contributed by atoms with Crippen LogP contribution in [0.3, 0.4) is 0 Å². The zero-order chi connectivity index (χ0) is 84.4. The van der Waals surface area contributed by atoms with Gasteiger partial charge in [-0.25, -0.2) is 0 Å². The predicted molar refractivity (Wildman–Crippen MR) is 494 cm³/mol. The third-order valence-corrected chi connectivity index (χ3v) is 19.3. The molecule has 9 heteroatoms. The second-order valence-electron chi connectivity index (χ2n) is 29.3. The van der Waals surface area contributed by atoms with Crippen LogP contribution in [0.4, 0.5) is 0 Å². The van der Waals surface area contributed by atoms with Crippen LogP contribution in [0.1, 0.15) is 93.8 Å². The fraction of sp³-hybridized carbons (Fsp3) is 0.108. The van der Waals surface area contributed by atoms with E-state index >= 15 is 0 Å². The minimum absolute atomic E-state index is 0.0457. The molecule has 0 spiro atoms. The van der Waals surface area contributed by atoms with Crippen molar-refractivity contribution in [3.63, 3.8) is 0 Å². The zero-order valence-corrected chi connectivity index (χ0v) is 70.9. The first-order chi connectivity index (χ1) is 58.1. The van der Waals surface area contributed by atoms with Crippen LogP contribution < -0.4 is 33.2 Å². The van der Waals surface area contributed by atoms with Gasteiger partial charge < -0.3 is 33.2 Å². The lowest BCUT2D eigenvalue weighted by Gasteiger charge is -2.10. The highest BCUT2D eigenvalue weighted by Gasteiger charge is 2.12. The van der Waals surface area contributed by atoms with Gasteiger partial charge in [-0.05, 0) is 314 Å². The van der Waals surface area contributed by atoms with E-state index in [0.717, 1.165) is 108 Å². The van der Waals surface area contributed by atoms with Crippen molar-refractivity contribution in [1.82, 2.24) is 0 Å². The topological polar surface area (TPSA) is 81.7 Å². The van der Waals surface area contributed by atoms with E-state index < -0.39 is 0 Å². The first-order valence-corrected chi connectivity index (χ1v) is 40.7. The number of carbonyl (C=O) groups excluding carboxylic acids is 1. The summed E-state index contributed by atoms with van der Waals surface area (Å²) in [5, 5.41) is 0. The molecule has 0 atom stereocenters. The molecule has 0 amide bonds. The van der Waals surface area contributed by atoms with Crippen molar-refractivity contribution < 1.29 is 38.0 Å². The quantitative estimate of drug-likeness (QED) is 0.0616. The summed E-state index contributed by atoms with van der Waals surface area (Å²) in [4.78, 5) is 15.2. The molecule has 16 aromatic rings. The van der Waals surface area contributed by atoms with Gasteiger partial charge in [0, 0.05) is 38.1 Å². The van der Waals surface area contributed by atoms with Crippen LogP contribution in [-0.4, -0.2) is 5.78 Å². The summed E-state index contributed by atoms with van der Waals surface area (Å²) < 4.78 is 40.9. The van der Waals surface area contributed by atoms with Gasteiger partial charge in [0.1, 0.15) is 80.5 Å². The minimum atomic E-state index is 0.0457. The Kier molecular flexibility index (Phi) is 32.2. The molecular weight excluding hydrogens is 1490 g/mol. The molecule has 0 fully saturated rings. The van der Waals surface area contributed by atoms with Crippen LogP contribution in [0.2, 0.25) is 0 Å². The summed E-state index contributed by atoms with van der Waals surface area (Å²) in [6.45, 7) is 24.8. The summed E-state index contributed by atoms with van der Waals surface area (Å²) in [6.07, 6.45) is 0. The van der Waals surface area contributed by atoms with Gasteiger partial charge in [0.05, 0.1) is 0 Å². The van der Waals surface area contributed by atoms with Gasteiger partial charge in [-0.1, -0.05) is 242 Å². The molecule has 0 aromatic heterocycles. The molecule has 0 saturated carbocycles. The average molecular weight is 1590 g/mol. The summed E-state index contributed by atoms with van der Waals surface area (Å²) in [6, 6.07) is 127. The monoisotopic (exact) mass is 1590 g/mol. The van der Waals surface area contributed by atoms with Crippen molar-refractivity contribution in [2.24, 2.45) is 0 Å². The van der Waals surface area contributed by atoms with E-state index in [1.807, 2.05) is 323 Å². The first kappa shape index (κ1) is 86.6. The van der Waals surface area contributed by atoms with Crippen molar-refractivity contribution in [2.75, 3.05) is 0 Å². The lowest BCUT2D eigenvalue weighted by atomic mass is 9.99. The summed E-state index contributed by atoms with van der Waals surface area (Å²) >= 11 is 1.80. The van der Waals surface area contributed by atoms with E-state index in [0.29, 0.717) is 5.56 Å². The minimum Gasteiger partial charge on any atom is -0.457 e. The number of aryl methyl sites for hydroxylation is 12. The Bertz CT molecular complexity index is 5590. The van der Waals surface area contributed by atoms with Crippen molar-refractivity contribution in [1.29, 1.82) is 0 Å². The molecule has 0 aliphatic carbocycles. The molecule has 0 saturated heterocycles. The highest BCUT2D eigenvalue weighted by atomic mass is 32.2. The Morgan fingerprint density at radius 2 is 0.408 bits per heavy atom. The number of carbonyl (C=O) groups is 1. The lowest BCUT2D eigenvalue weighted by molar-refractivity contribution is 0.103. The second-order valence-corrected chi connectivity index (χ2v) is 30.4. The second kappa shape index (κ2) is 44.7. The van der Waals surface area contributed by atoms with Gasteiger partial charge in [0.25, 0.3) is 0 Å². The number of ether oxygens (including phenoxy) is 7.